The Bertz CT molecular complexity index is 989. The summed E-state index contributed by atoms with van der Waals surface area (Å²) in [5, 5.41) is 3.32. The largest absolute Gasteiger partial charge is 0.466 e. The standard InChI is InChI=1S/C22H19Cl2F2NO2/c1-4-29-20(28)11-14(2)27-21-16(10-9-15-7-5-6-8-19(15)24)12-17(23)13-18(21)22(3,25)26/h5-8,12-13,27H,2,4,11H2,1,3H3. The molecule has 0 bridgehead atoms. The lowest BCUT2D eigenvalue weighted by atomic mass is 10.0. The normalized spacial score (nSPS) is 10.7. The monoisotopic (exact) mass is 437 g/mol. The number of hydrogen-bond donors (Lipinski definition) is 1. The van der Waals surface area contributed by atoms with Crippen molar-refractivity contribution in [1.82, 2.24) is 0 Å². The lowest BCUT2D eigenvalue weighted by molar-refractivity contribution is -0.142. The Labute approximate surface area is 178 Å². The van der Waals surface area contributed by atoms with Gasteiger partial charge in [0.05, 0.1) is 29.3 Å². The fraction of sp³-hybridized carbons (Fsp3) is 0.227. The third-order valence-electron chi connectivity index (χ3n) is 3.75. The van der Waals surface area contributed by atoms with E-state index >= 15 is 0 Å². The molecule has 0 amide bonds. The number of benzene rings is 2. The summed E-state index contributed by atoms with van der Waals surface area (Å²) in [6.45, 7) is 6.37. The molecule has 7 heteroatoms. The first-order chi connectivity index (χ1) is 13.6. The van der Waals surface area contributed by atoms with Crippen LogP contribution in [0.2, 0.25) is 10.0 Å². The zero-order valence-corrected chi connectivity index (χ0v) is 17.4. The molecule has 0 aliphatic carbocycles. The maximum atomic E-state index is 14.2. The predicted octanol–water partition coefficient (Wildman–Crippen LogP) is 6.38. The summed E-state index contributed by atoms with van der Waals surface area (Å²) in [7, 11) is 0. The molecular formula is C22H19Cl2F2NO2. The summed E-state index contributed by atoms with van der Waals surface area (Å²) in [6, 6.07) is 9.52. The molecule has 0 saturated carbocycles. The Morgan fingerprint density at radius 3 is 2.48 bits per heavy atom. The van der Waals surface area contributed by atoms with Gasteiger partial charge in [0.2, 0.25) is 0 Å². The summed E-state index contributed by atoms with van der Waals surface area (Å²) in [5.41, 5.74) is 0.612. The zero-order chi connectivity index (χ0) is 21.6. The topological polar surface area (TPSA) is 38.3 Å². The highest BCUT2D eigenvalue weighted by Crippen LogP contribution is 2.38. The van der Waals surface area contributed by atoms with Crippen LogP contribution in [0, 0.1) is 11.8 Å². The molecular weight excluding hydrogens is 419 g/mol. The summed E-state index contributed by atoms with van der Waals surface area (Å²) >= 11 is 12.2. The van der Waals surface area contributed by atoms with Gasteiger partial charge in [-0.2, -0.15) is 0 Å². The molecule has 0 aliphatic rings. The number of alkyl halides is 2. The van der Waals surface area contributed by atoms with Crippen LogP contribution in [0.3, 0.4) is 0 Å². The smallest absolute Gasteiger partial charge is 0.311 e. The molecule has 0 radical (unpaired) electrons. The van der Waals surface area contributed by atoms with Crippen LogP contribution in [0.15, 0.2) is 48.7 Å². The van der Waals surface area contributed by atoms with E-state index in [2.05, 4.69) is 23.7 Å². The van der Waals surface area contributed by atoms with Crippen LogP contribution in [0.4, 0.5) is 14.5 Å². The summed E-state index contributed by atoms with van der Waals surface area (Å²) in [4.78, 5) is 11.7. The SMILES string of the molecule is C=C(CC(=O)OCC)Nc1c(C#Cc2ccccc2Cl)cc(Cl)cc1C(C)(F)F. The first-order valence-electron chi connectivity index (χ1n) is 8.70. The van der Waals surface area contributed by atoms with Gasteiger partial charge in [0.25, 0.3) is 5.92 Å². The molecule has 0 saturated heterocycles. The number of nitrogens with one attached hydrogen (secondary N) is 1. The van der Waals surface area contributed by atoms with Gasteiger partial charge in [0.15, 0.2) is 0 Å². The zero-order valence-electron chi connectivity index (χ0n) is 15.9. The van der Waals surface area contributed by atoms with Crippen molar-refractivity contribution in [2.24, 2.45) is 0 Å². The van der Waals surface area contributed by atoms with E-state index in [-0.39, 0.29) is 40.6 Å². The van der Waals surface area contributed by atoms with E-state index in [9.17, 15) is 13.6 Å². The summed E-state index contributed by atoms with van der Waals surface area (Å²) in [5.74, 6) is 1.97. The highest BCUT2D eigenvalue weighted by molar-refractivity contribution is 6.31. The van der Waals surface area contributed by atoms with Crippen molar-refractivity contribution < 1.29 is 18.3 Å². The van der Waals surface area contributed by atoms with Crippen molar-refractivity contribution in [1.29, 1.82) is 0 Å². The first kappa shape index (κ1) is 22.7. The van der Waals surface area contributed by atoms with E-state index in [1.165, 1.54) is 6.07 Å². The average molecular weight is 438 g/mol. The fourth-order valence-corrected chi connectivity index (χ4v) is 2.89. The fourth-order valence-electron chi connectivity index (χ4n) is 2.49. The molecule has 2 aromatic rings. The highest BCUT2D eigenvalue weighted by Gasteiger charge is 2.30. The van der Waals surface area contributed by atoms with Crippen LogP contribution in [0.5, 0.6) is 0 Å². The van der Waals surface area contributed by atoms with Crippen molar-refractivity contribution in [3.63, 3.8) is 0 Å². The molecule has 152 valence electrons. The molecule has 0 atom stereocenters. The Morgan fingerprint density at radius 1 is 1.21 bits per heavy atom. The second kappa shape index (κ2) is 9.78. The number of anilines is 1. The molecule has 0 spiro atoms. The van der Waals surface area contributed by atoms with Crippen molar-refractivity contribution in [3.8, 4) is 11.8 Å². The highest BCUT2D eigenvalue weighted by atomic mass is 35.5. The van der Waals surface area contributed by atoms with Gasteiger partial charge >= 0.3 is 5.97 Å². The molecule has 0 aliphatic heterocycles. The van der Waals surface area contributed by atoms with Gasteiger partial charge in [0.1, 0.15) is 0 Å². The number of esters is 1. The minimum atomic E-state index is -3.21. The van der Waals surface area contributed by atoms with Crippen molar-refractivity contribution in [3.05, 3.63) is 75.4 Å². The molecule has 1 N–H and O–H groups in total. The molecule has 0 fully saturated rings. The number of halogens is 4. The summed E-state index contributed by atoms with van der Waals surface area (Å²) < 4.78 is 33.4. The van der Waals surface area contributed by atoms with E-state index in [1.54, 1.807) is 31.2 Å². The number of rotatable bonds is 6. The van der Waals surface area contributed by atoms with Gasteiger partial charge in [-0.25, -0.2) is 8.78 Å². The molecule has 0 heterocycles. The van der Waals surface area contributed by atoms with Crippen LogP contribution in [0.1, 0.15) is 37.0 Å². The molecule has 0 aromatic heterocycles. The van der Waals surface area contributed by atoms with Crippen LogP contribution >= 0.6 is 23.2 Å². The van der Waals surface area contributed by atoms with Gasteiger partial charge in [-0.3, -0.25) is 4.79 Å². The third-order valence-corrected chi connectivity index (χ3v) is 4.29. The van der Waals surface area contributed by atoms with Crippen LogP contribution < -0.4 is 5.32 Å². The van der Waals surface area contributed by atoms with E-state index in [1.807, 2.05) is 0 Å². The quantitative estimate of drug-likeness (QED) is 0.420. The lowest BCUT2D eigenvalue weighted by Crippen LogP contribution is -2.15. The van der Waals surface area contributed by atoms with E-state index in [0.29, 0.717) is 10.6 Å². The van der Waals surface area contributed by atoms with Crippen LogP contribution in [0.25, 0.3) is 0 Å². The average Bonchev–Trinajstić information content (AvgIpc) is 2.61. The van der Waals surface area contributed by atoms with Gasteiger partial charge < -0.3 is 10.1 Å². The molecule has 29 heavy (non-hydrogen) atoms. The van der Waals surface area contributed by atoms with Crippen molar-refractivity contribution >= 4 is 34.9 Å². The number of hydrogen-bond acceptors (Lipinski definition) is 3. The van der Waals surface area contributed by atoms with Gasteiger partial charge in [-0.1, -0.05) is 53.8 Å². The van der Waals surface area contributed by atoms with Crippen LogP contribution in [-0.2, 0) is 15.5 Å². The Morgan fingerprint density at radius 2 is 1.86 bits per heavy atom. The van der Waals surface area contributed by atoms with Gasteiger partial charge in [0, 0.05) is 28.8 Å². The lowest BCUT2D eigenvalue weighted by Gasteiger charge is -2.20. The molecule has 3 nitrogen and oxygen atoms in total. The Hall–Kier alpha value is -2.55. The second-order valence-electron chi connectivity index (χ2n) is 6.20. The number of carbonyl (C=O) groups is 1. The van der Waals surface area contributed by atoms with Gasteiger partial charge in [-0.05, 0) is 31.2 Å². The second-order valence-corrected chi connectivity index (χ2v) is 7.05. The Balaban J connectivity index is 2.50. The number of ether oxygens (including phenoxy) is 1. The first-order valence-corrected chi connectivity index (χ1v) is 9.46. The maximum Gasteiger partial charge on any atom is 0.311 e. The maximum absolute atomic E-state index is 14.2. The number of carbonyl (C=O) groups excluding carboxylic acids is 1. The summed E-state index contributed by atoms with van der Waals surface area (Å²) in [6.07, 6.45) is -0.178. The molecule has 2 aromatic carbocycles. The Kier molecular flexibility index (Phi) is 7.66. The van der Waals surface area contributed by atoms with Gasteiger partial charge in [-0.15, -0.1) is 0 Å². The van der Waals surface area contributed by atoms with E-state index in [0.717, 1.165) is 13.0 Å². The molecule has 0 unspecified atom stereocenters. The van der Waals surface area contributed by atoms with Crippen molar-refractivity contribution in [2.45, 2.75) is 26.2 Å². The predicted molar refractivity (Wildman–Crippen MR) is 112 cm³/mol. The van der Waals surface area contributed by atoms with E-state index < -0.39 is 11.9 Å². The minimum Gasteiger partial charge on any atom is -0.466 e. The van der Waals surface area contributed by atoms with E-state index in [4.69, 9.17) is 27.9 Å². The minimum absolute atomic E-state index is 0.0238. The third kappa shape index (κ3) is 6.49. The van der Waals surface area contributed by atoms with Crippen molar-refractivity contribution in [2.75, 3.05) is 11.9 Å². The van der Waals surface area contributed by atoms with Crippen LogP contribution in [-0.4, -0.2) is 12.6 Å². The molecule has 2 rings (SSSR count).